The molecule has 0 aromatic rings. The van der Waals surface area contributed by atoms with Gasteiger partial charge in [0.1, 0.15) is 0 Å². The number of carbonyl (C=O) groups is 1. The number of hydrogen-bond acceptors (Lipinski definition) is 3. The van der Waals surface area contributed by atoms with Crippen LogP contribution in [-0.4, -0.2) is 49.8 Å². The van der Waals surface area contributed by atoms with Gasteiger partial charge in [-0.25, -0.2) is 0 Å². The molecule has 0 bridgehead atoms. The third-order valence-electron chi connectivity index (χ3n) is 2.29. The van der Waals surface area contributed by atoms with Crippen LogP contribution in [0.15, 0.2) is 0 Å². The fraction of sp³-hybridized carbons (Fsp3) is 0.875. The van der Waals surface area contributed by atoms with E-state index in [2.05, 4.69) is 0 Å². The maximum absolute atomic E-state index is 11.0. The molecule has 76 valence electrons. The summed E-state index contributed by atoms with van der Waals surface area (Å²) in [6.45, 7) is 1.07. The summed E-state index contributed by atoms with van der Waals surface area (Å²) in [6.07, 6.45) is 0.880. The van der Waals surface area contributed by atoms with Gasteiger partial charge in [-0.05, 0) is 18.0 Å². The molecule has 1 fully saturated rings. The Kier molecular flexibility index (Phi) is 3.96. The minimum Gasteiger partial charge on any atom is -0.383 e. The topological polar surface area (TPSA) is 38.8 Å². The maximum atomic E-state index is 11.0. The number of rotatable bonds is 3. The number of halogens is 1. The molecule has 4 nitrogen and oxygen atoms in total. The van der Waals surface area contributed by atoms with Gasteiger partial charge >= 0.3 is 5.37 Å². The van der Waals surface area contributed by atoms with Crippen molar-refractivity contribution in [2.24, 2.45) is 0 Å². The van der Waals surface area contributed by atoms with E-state index in [4.69, 9.17) is 21.1 Å². The highest BCUT2D eigenvalue weighted by Gasteiger charge is 2.34. The minimum atomic E-state index is -0.429. The second-order valence-corrected chi connectivity index (χ2v) is 3.43. The molecule has 2 atom stereocenters. The van der Waals surface area contributed by atoms with E-state index in [1.807, 2.05) is 0 Å². The molecule has 0 unspecified atom stereocenters. The summed E-state index contributed by atoms with van der Waals surface area (Å²) in [4.78, 5) is 12.6. The van der Waals surface area contributed by atoms with Crippen LogP contribution < -0.4 is 0 Å². The van der Waals surface area contributed by atoms with E-state index < -0.39 is 5.37 Å². The monoisotopic (exact) mass is 207 g/mol. The van der Waals surface area contributed by atoms with E-state index in [1.165, 1.54) is 0 Å². The summed E-state index contributed by atoms with van der Waals surface area (Å²) in [5.41, 5.74) is 0. The van der Waals surface area contributed by atoms with Gasteiger partial charge in [0.15, 0.2) is 0 Å². The van der Waals surface area contributed by atoms with Gasteiger partial charge in [0.25, 0.3) is 0 Å². The van der Waals surface area contributed by atoms with Gasteiger partial charge in [-0.2, -0.15) is 0 Å². The molecule has 1 rings (SSSR count). The Balaban J connectivity index is 2.54. The van der Waals surface area contributed by atoms with Gasteiger partial charge < -0.3 is 14.4 Å². The summed E-state index contributed by atoms with van der Waals surface area (Å²) < 4.78 is 10.2. The zero-order valence-electron chi connectivity index (χ0n) is 7.83. The zero-order chi connectivity index (χ0) is 9.84. The minimum absolute atomic E-state index is 0.0555. The highest BCUT2D eigenvalue weighted by molar-refractivity contribution is 6.62. The molecule has 0 aromatic heterocycles. The highest BCUT2D eigenvalue weighted by Crippen LogP contribution is 2.21. The van der Waals surface area contributed by atoms with Crippen LogP contribution >= 0.6 is 11.6 Å². The summed E-state index contributed by atoms with van der Waals surface area (Å²) in [7, 11) is 3.24. The van der Waals surface area contributed by atoms with E-state index in [-0.39, 0.29) is 12.1 Å². The van der Waals surface area contributed by atoms with Crippen molar-refractivity contribution in [3.05, 3.63) is 0 Å². The highest BCUT2D eigenvalue weighted by atomic mass is 35.5. The van der Waals surface area contributed by atoms with Crippen molar-refractivity contribution in [2.45, 2.75) is 18.6 Å². The molecule has 1 saturated heterocycles. The predicted molar refractivity (Wildman–Crippen MR) is 49.0 cm³/mol. The van der Waals surface area contributed by atoms with Crippen LogP contribution in [0.1, 0.15) is 6.42 Å². The normalized spacial score (nSPS) is 28.1. The lowest BCUT2D eigenvalue weighted by atomic mass is 10.2. The first-order valence-electron chi connectivity index (χ1n) is 4.17. The maximum Gasteiger partial charge on any atom is 0.316 e. The van der Waals surface area contributed by atoms with Crippen LogP contribution in [0.4, 0.5) is 4.79 Å². The quantitative estimate of drug-likeness (QED) is 0.514. The smallest absolute Gasteiger partial charge is 0.316 e. The van der Waals surface area contributed by atoms with Gasteiger partial charge in [-0.1, -0.05) is 0 Å². The van der Waals surface area contributed by atoms with E-state index in [1.54, 1.807) is 19.1 Å². The SMILES string of the molecule is COC[C@@H]1C[C@H](OC)CN1C(=O)Cl. The molecule has 5 heteroatoms. The first kappa shape index (κ1) is 10.8. The van der Waals surface area contributed by atoms with Gasteiger partial charge in [0, 0.05) is 20.8 Å². The summed E-state index contributed by atoms with van der Waals surface area (Å²) in [5.74, 6) is 0. The molecule has 0 aromatic carbocycles. The predicted octanol–water partition coefficient (Wildman–Crippen LogP) is 1.08. The largest absolute Gasteiger partial charge is 0.383 e. The number of methoxy groups -OCH3 is 2. The van der Waals surface area contributed by atoms with Crippen LogP contribution in [0.2, 0.25) is 0 Å². The van der Waals surface area contributed by atoms with Gasteiger partial charge in [0.2, 0.25) is 0 Å². The lowest BCUT2D eigenvalue weighted by Crippen LogP contribution is -2.34. The Labute approximate surface area is 82.7 Å². The van der Waals surface area contributed by atoms with Gasteiger partial charge in [0.05, 0.1) is 18.8 Å². The Bertz CT molecular complexity index is 188. The zero-order valence-corrected chi connectivity index (χ0v) is 8.58. The van der Waals surface area contributed by atoms with Crippen LogP contribution in [-0.2, 0) is 9.47 Å². The van der Waals surface area contributed by atoms with Gasteiger partial charge in [-0.15, -0.1) is 0 Å². The number of carbonyl (C=O) groups excluding carboxylic acids is 1. The summed E-state index contributed by atoms with van der Waals surface area (Å²) >= 11 is 5.41. The van der Waals surface area contributed by atoms with E-state index in [9.17, 15) is 4.79 Å². The molecule has 0 saturated carbocycles. The number of nitrogens with zero attached hydrogens (tertiary/aromatic N) is 1. The summed E-state index contributed by atoms with van der Waals surface area (Å²) in [6, 6.07) is 0.0555. The molecule has 0 spiro atoms. The van der Waals surface area contributed by atoms with Crippen LogP contribution in [0.3, 0.4) is 0 Å². The first-order valence-corrected chi connectivity index (χ1v) is 4.54. The third-order valence-corrected chi connectivity index (χ3v) is 2.51. The average Bonchev–Trinajstić information content (AvgIpc) is 2.48. The Hall–Kier alpha value is -0.320. The summed E-state index contributed by atoms with van der Waals surface area (Å²) in [5, 5.41) is -0.429. The van der Waals surface area contributed by atoms with Crippen molar-refractivity contribution < 1.29 is 14.3 Å². The second-order valence-electron chi connectivity index (χ2n) is 3.11. The molecule has 0 aliphatic carbocycles. The third kappa shape index (κ3) is 2.56. The van der Waals surface area contributed by atoms with Crippen molar-refractivity contribution in [1.82, 2.24) is 4.90 Å². The lowest BCUT2D eigenvalue weighted by molar-refractivity contribution is 0.110. The van der Waals surface area contributed by atoms with E-state index >= 15 is 0 Å². The number of amides is 1. The Morgan fingerprint density at radius 3 is 2.77 bits per heavy atom. The van der Waals surface area contributed by atoms with Crippen LogP contribution in [0.25, 0.3) is 0 Å². The van der Waals surface area contributed by atoms with Crippen molar-refractivity contribution in [2.75, 3.05) is 27.4 Å². The molecule has 1 heterocycles. The first-order chi connectivity index (χ1) is 6.19. The molecule has 1 aliphatic heterocycles. The van der Waals surface area contributed by atoms with Crippen molar-refractivity contribution >= 4 is 17.0 Å². The van der Waals surface area contributed by atoms with E-state index in [0.717, 1.165) is 6.42 Å². The molecule has 13 heavy (non-hydrogen) atoms. The van der Waals surface area contributed by atoms with Gasteiger partial charge in [-0.3, -0.25) is 4.79 Å². The number of likely N-dealkylation sites (tertiary alicyclic amines) is 1. The fourth-order valence-electron chi connectivity index (χ4n) is 1.61. The van der Waals surface area contributed by atoms with E-state index in [0.29, 0.717) is 13.2 Å². The van der Waals surface area contributed by atoms with Crippen LogP contribution in [0.5, 0.6) is 0 Å². The molecule has 1 amide bonds. The molecular formula is C8H14ClNO3. The molecule has 1 aliphatic rings. The van der Waals surface area contributed by atoms with Crippen molar-refractivity contribution in [1.29, 1.82) is 0 Å². The molecule has 0 N–H and O–H groups in total. The molecule has 0 radical (unpaired) electrons. The fourth-order valence-corrected chi connectivity index (χ4v) is 1.82. The standard InChI is InChI=1S/C8H14ClNO3/c1-12-5-6-3-7(13-2)4-10(6)8(9)11/h6-7H,3-5H2,1-2H3/t6-,7-/m0/s1. The van der Waals surface area contributed by atoms with Crippen molar-refractivity contribution in [3.63, 3.8) is 0 Å². The number of hydrogen-bond donors (Lipinski definition) is 0. The van der Waals surface area contributed by atoms with Crippen molar-refractivity contribution in [3.8, 4) is 0 Å². The second kappa shape index (κ2) is 4.79. The number of ether oxygens (including phenoxy) is 2. The Morgan fingerprint density at radius 2 is 2.31 bits per heavy atom. The lowest BCUT2D eigenvalue weighted by Gasteiger charge is -2.20. The Morgan fingerprint density at radius 1 is 1.62 bits per heavy atom. The average molecular weight is 208 g/mol. The molecular weight excluding hydrogens is 194 g/mol. The van der Waals surface area contributed by atoms with Crippen LogP contribution in [0, 0.1) is 0 Å².